The Hall–Kier alpha value is -4.24. The number of likely N-dealkylation sites (tertiary alicyclic amines) is 1. The summed E-state index contributed by atoms with van der Waals surface area (Å²) in [5.41, 5.74) is 5.34. The molecule has 39 heavy (non-hydrogen) atoms. The molecule has 5 rings (SSSR count). The number of amides is 1. The molecule has 4 heterocycles. The van der Waals surface area contributed by atoms with Crippen LogP contribution in [0.5, 0.6) is 5.75 Å². The highest BCUT2D eigenvalue weighted by atomic mass is 16.5. The standard InChI is InChI=1S/C30H35N7O2/c1-4-24(31)29-25(32-17-21-9-5-8-20(2)34-21)11-6-12-26(29)35-30(38)27-18-33-28-16-23(13-15-37(27)28)39-19-22-10-7-14-36(22)3/h5-6,8-9,11-13,15-16,18,22,31-32H,4,7,10,14,17,19H2,1-3H3,(H,35,38)/t22-/m0/s1. The number of fused-ring (bicyclic) bond motifs is 1. The monoisotopic (exact) mass is 525 g/mol. The maximum absolute atomic E-state index is 13.4. The van der Waals surface area contributed by atoms with Gasteiger partial charge in [0.15, 0.2) is 0 Å². The van der Waals surface area contributed by atoms with Crippen molar-refractivity contribution in [1.82, 2.24) is 19.3 Å². The minimum atomic E-state index is -0.300. The second kappa shape index (κ2) is 11.7. The number of anilines is 2. The van der Waals surface area contributed by atoms with Gasteiger partial charge < -0.3 is 25.7 Å². The first-order valence-corrected chi connectivity index (χ1v) is 13.4. The molecule has 0 bridgehead atoms. The molecular formula is C30H35N7O2. The third-order valence-electron chi connectivity index (χ3n) is 7.21. The van der Waals surface area contributed by atoms with E-state index < -0.39 is 0 Å². The Morgan fingerprint density at radius 3 is 2.77 bits per heavy atom. The van der Waals surface area contributed by atoms with Crippen molar-refractivity contribution in [2.24, 2.45) is 0 Å². The van der Waals surface area contributed by atoms with Gasteiger partial charge in [-0.05, 0) is 70.1 Å². The molecule has 3 aromatic heterocycles. The number of imidazole rings is 1. The molecule has 0 unspecified atom stereocenters. The van der Waals surface area contributed by atoms with Gasteiger partial charge in [0.25, 0.3) is 5.91 Å². The van der Waals surface area contributed by atoms with Gasteiger partial charge in [-0.15, -0.1) is 0 Å². The molecule has 1 amide bonds. The number of carbonyl (C=O) groups is 1. The van der Waals surface area contributed by atoms with Gasteiger partial charge in [0, 0.05) is 41.0 Å². The van der Waals surface area contributed by atoms with Crippen molar-refractivity contribution in [2.75, 3.05) is 30.8 Å². The Labute approximate surface area is 228 Å². The van der Waals surface area contributed by atoms with E-state index in [2.05, 4.69) is 32.5 Å². The first kappa shape index (κ1) is 26.4. The number of aromatic nitrogens is 3. The van der Waals surface area contributed by atoms with Gasteiger partial charge >= 0.3 is 0 Å². The molecule has 0 radical (unpaired) electrons. The van der Waals surface area contributed by atoms with E-state index in [1.807, 2.05) is 68.6 Å². The van der Waals surface area contributed by atoms with Crippen LogP contribution in [0.1, 0.15) is 53.6 Å². The molecule has 1 aliphatic rings. The average Bonchev–Trinajstić information content (AvgIpc) is 3.55. The quantitative estimate of drug-likeness (QED) is 0.247. The fourth-order valence-electron chi connectivity index (χ4n) is 4.98. The van der Waals surface area contributed by atoms with Crippen LogP contribution in [0.3, 0.4) is 0 Å². The molecule has 0 spiro atoms. The highest BCUT2D eigenvalue weighted by molar-refractivity contribution is 6.12. The molecule has 9 heteroatoms. The van der Waals surface area contributed by atoms with E-state index in [-0.39, 0.29) is 5.91 Å². The summed E-state index contributed by atoms with van der Waals surface area (Å²) >= 11 is 0. The molecule has 0 aliphatic carbocycles. The van der Waals surface area contributed by atoms with Crippen LogP contribution >= 0.6 is 0 Å². The number of pyridine rings is 2. The van der Waals surface area contributed by atoms with Crippen LogP contribution in [0.4, 0.5) is 11.4 Å². The van der Waals surface area contributed by atoms with E-state index in [1.165, 1.54) is 6.42 Å². The van der Waals surface area contributed by atoms with Crippen molar-refractivity contribution in [3.63, 3.8) is 0 Å². The molecule has 1 atom stereocenters. The van der Waals surface area contributed by atoms with Crippen molar-refractivity contribution in [3.8, 4) is 5.75 Å². The van der Waals surface area contributed by atoms with Crippen LogP contribution in [-0.2, 0) is 6.54 Å². The fourth-order valence-corrected chi connectivity index (χ4v) is 4.98. The zero-order chi connectivity index (χ0) is 27.4. The predicted molar refractivity (Wildman–Crippen MR) is 154 cm³/mol. The zero-order valence-electron chi connectivity index (χ0n) is 22.7. The summed E-state index contributed by atoms with van der Waals surface area (Å²) in [5, 5.41) is 15.0. The summed E-state index contributed by atoms with van der Waals surface area (Å²) in [6, 6.07) is 15.7. The van der Waals surface area contributed by atoms with Crippen molar-refractivity contribution >= 4 is 28.6 Å². The number of hydrogen-bond donors (Lipinski definition) is 3. The van der Waals surface area contributed by atoms with Crippen molar-refractivity contribution < 1.29 is 9.53 Å². The smallest absolute Gasteiger partial charge is 0.274 e. The van der Waals surface area contributed by atoms with Crippen LogP contribution in [0.2, 0.25) is 0 Å². The summed E-state index contributed by atoms with van der Waals surface area (Å²) in [4.78, 5) is 24.7. The second-order valence-electron chi connectivity index (χ2n) is 9.96. The first-order valence-electron chi connectivity index (χ1n) is 13.4. The number of aryl methyl sites for hydroxylation is 1. The van der Waals surface area contributed by atoms with Crippen molar-refractivity contribution in [1.29, 1.82) is 5.41 Å². The van der Waals surface area contributed by atoms with Gasteiger partial charge in [-0.2, -0.15) is 0 Å². The SMILES string of the molecule is CCC(=N)c1c(NCc2cccc(C)n2)cccc1NC(=O)c1cnc2cc(OC[C@@H]3CCCN3C)ccn12. The Morgan fingerprint density at radius 1 is 1.18 bits per heavy atom. The minimum Gasteiger partial charge on any atom is -0.492 e. The number of hydrogen-bond acceptors (Lipinski definition) is 7. The Kier molecular flexibility index (Phi) is 7.88. The first-order chi connectivity index (χ1) is 18.9. The van der Waals surface area contributed by atoms with Crippen LogP contribution in [0, 0.1) is 12.3 Å². The highest BCUT2D eigenvalue weighted by Crippen LogP contribution is 2.28. The van der Waals surface area contributed by atoms with Gasteiger partial charge in [0.05, 0.1) is 24.1 Å². The number of likely N-dealkylation sites (N-methyl/N-ethyl adjacent to an activating group) is 1. The van der Waals surface area contributed by atoms with E-state index in [4.69, 9.17) is 10.1 Å². The fraction of sp³-hybridized carbons (Fsp3) is 0.333. The topological polar surface area (TPSA) is 108 Å². The van der Waals surface area contributed by atoms with Crippen LogP contribution in [0.15, 0.2) is 60.9 Å². The highest BCUT2D eigenvalue weighted by Gasteiger charge is 2.22. The molecule has 202 valence electrons. The predicted octanol–water partition coefficient (Wildman–Crippen LogP) is 5.15. The van der Waals surface area contributed by atoms with Crippen LogP contribution in [0.25, 0.3) is 5.65 Å². The lowest BCUT2D eigenvalue weighted by atomic mass is 10.0. The van der Waals surface area contributed by atoms with Crippen LogP contribution in [-0.4, -0.2) is 57.1 Å². The van der Waals surface area contributed by atoms with E-state index in [0.717, 1.165) is 35.8 Å². The molecule has 4 aromatic rings. The lowest BCUT2D eigenvalue weighted by Gasteiger charge is -2.19. The lowest BCUT2D eigenvalue weighted by Crippen LogP contribution is -2.30. The molecule has 9 nitrogen and oxygen atoms in total. The van der Waals surface area contributed by atoms with Gasteiger partial charge in [-0.1, -0.05) is 19.1 Å². The molecule has 1 aromatic carbocycles. The summed E-state index contributed by atoms with van der Waals surface area (Å²) < 4.78 is 7.78. The van der Waals surface area contributed by atoms with E-state index >= 15 is 0 Å². The maximum Gasteiger partial charge on any atom is 0.274 e. The number of nitrogens with one attached hydrogen (secondary N) is 3. The third-order valence-corrected chi connectivity index (χ3v) is 7.21. The summed E-state index contributed by atoms with van der Waals surface area (Å²) in [6.45, 7) is 6.14. The number of ether oxygens (including phenoxy) is 1. The van der Waals surface area contributed by atoms with E-state index in [9.17, 15) is 4.79 Å². The van der Waals surface area contributed by atoms with E-state index in [1.54, 1.807) is 10.6 Å². The van der Waals surface area contributed by atoms with Crippen molar-refractivity contribution in [3.05, 3.63) is 83.6 Å². The molecule has 3 N–H and O–H groups in total. The van der Waals surface area contributed by atoms with Gasteiger partial charge in [0.2, 0.25) is 0 Å². The van der Waals surface area contributed by atoms with Crippen LogP contribution < -0.4 is 15.4 Å². The molecule has 1 aliphatic heterocycles. The molecule has 1 fully saturated rings. The summed E-state index contributed by atoms with van der Waals surface area (Å²) in [5.74, 6) is 0.437. The van der Waals surface area contributed by atoms with Gasteiger partial charge in [-0.25, -0.2) is 4.98 Å². The normalized spacial score (nSPS) is 15.4. The number of carbonyl (C=O) groups excluding carboxylic acids is 1. The Balaban J connectivity index is 1.33. The average molecular weight is 526 g/mol. The Bertz CT molecular complexity index is 1500. The molecule has 1 saturated heterocycles. The van der Waals surface area contributed by atoms with E-state index in [0.29, 0.717) is 53.9 Å². The maximum atomic E-state index is 13.4. The summed E-state index contributed by atoms with van der Waals surface area (Å²) in [6.07, 6.45) is 6.25. The second-order valence-corrected chi connectivity index (χ2v) is 9.96. The number of benzene rings is 1. The van der Waals surface area contributed by atoms with Gasteiger partial charge in [-0.3, -0.25) is 14.2 Å². The van der Waals surface area contributed by atoms with Crippen molar-refractivity contribution in [2.45, 2.75) is 45.7 Å². The number of rotatable bonds is 10. The lowest BCUT2D eigenvalue weighted by molar-refractivity contribution is 0.102. The molecular weight excluding hydrogens is 490 g/mol. The number of nitrogens with zero attached hydrogens (tertiary/aromatic N) is 4. The minimum absolute atomic E-state index is 0.300. The Morgan fingerprint density at radius 2 is 2.00 bits per heavy atom. The molecule has 0 saturated carbocycles. The zero-order valence-corrected chi connectivity index (χ0v) is 22.7. The van der Waals surface area contributed by atoms with Gasteiger partial charge in [0.1, 0.15) is 23.7 Å². The summed E-state index contributed by atoms with van der Waals surface area (Å²) in [7, 11) is 2.13. The largest absolute Gasteiger partial charge is 0.492 e. The third kappa shape index (κ3) is 5.93.